The molecule has 0 aliphatic heterocycles. The fraction of sp³-hybridized carbons (Fsp3) is 0.364. The second-order valence-electron chi connectivity index (χ2n) is 3.23. The Morgan fingerprint density at radius 3 is 2.50 bits per heavy atom. The third-order valence-electron chi connectivity index (χ3n) is 1.97. The summed E-state index contributed by atoms with van der Waals surface area (Å²) in [7, 11) is 0. The third-order valence-corrected chi connectivity index (χ3v) is 2.28. The van der Waals surface area contributed by atoms with Crippen molar-refractivity contribution in [3.63, 3.8) is 0 Å². The molecular weight excluding hydrogens is 198 g/mol. The summed E-state index contributed by atoms with van der Waals surface area (Å²) in [5.41, 5.74) is 0.631. The van der Waals surface area contributed by atoms with Gasteiger partial charge in [-0.25, -0.2) is 0 Å². The number of carbonyl (C=O) groups is 1. The Labute approximate surface area is 89.3 Å². The Kier molecular flexibility index (Phi) is 3.67. The molecule has 0 saturated carbocycles. The van der Waals surface area contributed by atoms with Crippen molar-refractivity contribution in [1.82, 2.24) is 5.32 Å². The number of halogens is 1. The number of carbonyl (C=O) groups excluding carboxylic acids is 1. The Balaban J connectivity index is 2.85. The van der Waals surface area contributed by atoms with Crippen LogP contribution in [-0.4, -0.2) is 17.3 Å². The van der Waals surface area contributed by atoms with Crippen molar-refractivity contribution >= 4 is 17.4 Å². The number of alkyl halides is 1. The van der Waals surface area contributed by atoms with Gasteiger partial charge in [0.25, 0.3) is 0 Å². The molecule has 0 aliphatic rings. The molecule has 14 heavy (non-hydrogen) atoms. The van der Waals surface area contributed by atoms with Crippen molar-refractivity contribution in [2.75, 3.05) is 6.54 Å². The molecule has 1 unspecified atom stereocenters. The van der Waals surface area contributed by atoms with E-state index in [2.05, 4.69) is 5.32 Å². The normalized spacial score (nSPS) is 14.8. The molecule has 0 aromatic heterocycles. The van der Waals surface area contributed by atoms with Crippen LogP contribution in [-0.2, 0) is 0 Å². The van der Waals surface area contributed by atoms with E-state index in [0.29, 0.717) is 12.1 Å². The van der Waals surface area contributed by atoms with Crippen LogP contribution in [0.25, 0.3) is 0 Å². The fourth-order valence-corrected chi connectivity index (χ4v) is 1.52. The van der Waals surface area contributed by atoms with Gasteiger partial charge in [-0.15, -0.1) is 0 Å². The monoisotopic (exact) mass is 211 g/mol. The van der Waals surface area contributed by atoms with Crippen LogP contribution in [0, 0.1) is 0 Å². The highest BCUT2D eigenvalue weighted by Crippen LogP contribution is 2.17. The Morgan fingerprint density at radius 1 is 1.43 bits per heavy atom. The highest BCUT2D eigenvalue weighted by Gasteiger charge is 2.29. The lowest BCUT2D eigenvalue weighted by atomic mass is 10.1. The Bertz CT molecular complexity index is 308. The molecule has 0 fully saturated rings. The van der Waals surface area contributed by atoms with Gasteiger partial charge in [0.2, 0.25) is 0 Å². The van der Waals surface area contributed by atoms with Gasteiger partial charge in [-0.3, -0.25) is 10.1 Å². The van der Waals surface area contributed by atoms with Crippen LogP contribution in [0.2, 0.25) is 0 Å². The van der Waals surface area contributed by atoms with Gasteiger partial charge < -0.3 is 0 Å². The minimum atomic E-state index is -1.00. The first-order chi connectivity index (χ1) is 6.58. The van der Waals surface area contributed by atoms with Gasteiger partial charge in [0.15, 0.2) is 10.8 Å². The number of hydrogen-bond acceptors (Lipinski definition) is 2. The molecule has 1 rings (SSSR count). The first kappa shape index (κ1) is 11.2. The van der Waals surface area contributed by atoms with E-state index >= 15 is 0 Å². The molecule has 0 bridgehead atoms. The van der Waals surface area contributed by atoms with E-state index in [0.717, 1.165) is 0 Å². The van der Waals surface area contributed by atoms with Gasteiger partial charge in [-0.05, 0) is 13.5 Å². The van der Waals surface area contributed by atoms with Gasteiger partial charge in [0.1, 0.15) is 0 Å². The van der Waals surface area contributed by atoms with E-state index in [1.165, 1.54) is 0 Å². The fourth-order valence-electron chi connectivity index (χ4n) is 1.27. The molecule has 1 N–H and O–H groups in total. The van der Waals surface area contributed by atoms with E-state index in [9.17, 15) is 4.79 Å². The van der Waals surface area contributed by atoms with Crippen LogP contribution in [0.1, 0.15) is 24.2 Å². The van der Waals surface area contributed by atoms with Gasteiger partial charge in [0.05, 0.1) is 0 Å². The molecule has 0 amide bonds. The summed E-state index contributed by atoms with van der Waals surface area (Å²) in [6.45, 7) is 4.25. The first-order valence-electron chi connectivity index (χ1n) is 4.61. The largest absolute Gasteiger partial charge is 0.293 e. The lowest BCUT2D eigenvalue weighted by Crippen LogP contribution is -2.44. The van der Waals surface area contributed by atoms with Crippen LogP contribution in [0.3, 0.4) is 0 Å². The van der Waals surface area contributed by atoms with Gasteiger partial charge in [-0.2, -0.15) is 0 Å². The molecule has 1 atom stereocenters. The standard InChI is InChI=1S/C11H14ClNO/c1-3-13-11(2,12)10(14)9-7-5-4-6-8-9/h4-8,13H,3H2,1-2H3. The second kappa shape index (κ2) is 4.58. The molecular formula is C11H14ClNO. The van der Waals surface area contributed by atoms with E-state index < -0.39 is 5.00 Å². The Morgan fingerprint density at radius 2 is 2.00 bits per heavy atom. The van der Waals surface area contributed by atoms with Crippen LogP contribution >= 0.6 is 11.6 Å². The van der Waals surface area contributed by atoms with Crippen molar-refractivity contribution in [2.24, 2.45) is 0 Å². The third kappa shape index (κ3) is 2.56. The number of Topliss-reactive ketones (excluding diaryl/α,β-unsaturated/α-hetero) is 1. The van der Waals surface area contributed by atoms with Crippen LogP contribution in [0.15, 0.2) is 30.3 Å². The molecule has 1 aromatic rings. The number of hydrogen-bond donors (Lipinski definition) is 1. The lowest BCUT2D eigenvalue weighted by Gasteiger charge is -2.21. The topological polar surface area (TPSA) is 29.1 Å². The van der Waals surface area contributed by atoms with Gasteiger partial charge in [0, 0.05) is 5.56 Å². The van der Waals surface area contributed by atoms with Gasteiger partial charge >= 0.3 is 0 Å². The molecule has 1 aromatic carbocycles. The zero-order valence-electron chi connectivity index (χ0n) is 8.38. The van der Waals surface area contributed by atoms with Crippen molar-refractivity contribution in [3.05, 3.63) is 35.9 Å². The predicted molar refractivity (Wildman–Crippen MR) is 58.7 cm³/mol. The molecule has 0 radical (unpaired) electrons. The number of benzene rings is 1. The smallest absolute Gasteiger partial charge is 0.197 e. The van der Waals surface area contributed by atoms with Crippen molar-refractivity contribution < 1.29 is 4.79 Å². The van der Waals surface area contributed by atoms with Crippen LogP contribution < -0.4 is 5.32 Å². The van der Waals surface area contributed by atoms with Crippen molar-refractivity contribution in [1.29, 1.82) is 0 Å². The van der Waals surface area contributed by atoms with Gasteiger partial charge in [-0.1, -0.05) is 48.9 Å². The maximum Gasteiger partial charge on any atom is 0.197 e. The predicted octanol–water partition coefficient (Wildman–Crippen LogP) is 2.43. The maximum atomic E-state index is 11.9. The summed E-state index contributed by atoms with van der Waals surface area (Å²) in [6.07, 6.45) is 0. The van der Waals surface area contributed by atoms with Crippen molar-refractivity contribution in [2.45, 2.75) is 18.8 Å². The Hall–Kier alpha value is -0.860. The molecule has 2 nitrogen and oxygen atoms in total. The summed E-state index contributed by atoms with van der Waals surface area (Å²) >= 11 is 6.06. The molecule has 76 valence electrons. The maximum absolute atomic E-state index is 11.9. The zero-order valence-corrected chi connectivity index (χ0v) is 9.14. The highest BCUT2D eigenvalue weighted by molar-refractivity contribution is 6.37. The second-order valence-corrected chi connectivity index (χ2v) is 3.98. The number of nitrogens with one attached hydrogen (secondary N) is 1. The summed E-state index contributed by atoms with van der Waals surface area (Å²) < 4.78 is 0. The number of likely N-dealkylation sites (N-methyl/N-ethyl adjacent to an activating group) is 1. The zero-order chi connectivity index (χ0) is 10.6. The molecule has 0 saturated heterocycles. The minimum absolute atomic E-state index is 0.0957. The SMILES string of the molecule is CCNC(C)(Cl)C(=O)c1ccccc1. The van der Waals surface area contributed by atoms with Crippen LogP contribution in [0.4, 0.5) is 0 Å². The molecule has 0 spiro atoms. The molecule has 0 aliphatic carbocycles. The van der Waals surface area contributed by atoms with Crippen LogP contribution in [0.5, 0.6) is 0 Å². The van der Waals surface area contributed by atoms with E-state index in [-0.39, 0.29) is 5.78 Å². The summed E-state index contributed by atoms with van der Waals surface area (Å²) in [6, 6.07) is 9.05. The highest BCUT2D eigenvalue weighted by atomic mass is 35.5. The average Bonchev–Trinajstić information content (AvgIpc) is 2.18. The lowest BCUT2D eigenvalue weighted by molar-refractivity contribution is 0.0929. The summed E-state index contributed by atoms with van der Waals surface area (Å²) in [4.78, 5) is 10.9. The van der Waals surface area contributed by atoms with E-state index in [1.807, 2.05) is 25.1 Å². The summed E-state index contributed by atoms with van der Waals surface area (Å²) in [5.74, 6) is -0.0957. The van der Waals surface area contributed by atoms with E-state index in [1.54, 1.807) is 19.1 Å². The first-order valence-corrected chi connectivity index (χ1v) is 4.99. The molecule has 3 heteroatoms. The molecule has 0 heterocycles. The average molecular weight is 212 g/mol. The number of rotatable bonds is 4. The summed E-state index contributed by atoms with van der Waals surface area (Å²) in [5, 5.41) is 2.94. The minimum Gasteiger partial charge on any atom is -0.293 e. The quantitative estimate of drug-likeness (QED) is 0.471. The number of ketones is 1. The van der Waals surface area contributed by atoms with Crippen molar-refractivity contribution in [3.8, 4) is 0 Å². The van der Waals surface area contributed by atoms with E-state index in [4.69, 9.17) is 11.6 Å².